The van der Waals surface area contributed by atoms with Gasteiger partial charge in [-0.05, 0) is 84.4 Å². The number of carboxylic acids is 4. The Labute approximate surface area is 440 Å². The first-order chi connectivity index (χ1) is 30.0. The molecule has 68 heavy (non-hydrogen) atoms. The zero-order chi connectivity index (χ0) is 45.4. The Bertz CT molecular complexity index is 3000. The molecule has 0 bridgehead atoms. The summed E-state index contributed by atoms with van der Waals surface area (Å²) in [4.78, 5) is 57.9. The molecule has 32 heteroatoms. The van der Waals surface area contributed by atoms with Crippen LogP contribution in [-0.2, 0) is 0 Å². The van der Waals surface area contributed by atoms with Gasteiger partial charge in [0.1, 0.15) is 11.6 Å². The average Bonchev–Trinajstić information content (AvgIpc) is 4.01. The van der Waals surface area contributed by atoms with Crippen LogP contribution in [-0.4, -0.2) is 73.0 Å². The Hall–Kier alpha value is -7.19. The Kier molecular flexibility index (Phi) is 19.3. The van der Waals surface area contributed by atoms with Gasteiger partial charge >= 0.3 is 94.3 Å². The molecule has 27 nitrogen and oxygen atoms in total. The number of carboxylic acid groups (broad SMARTS) is 4. The number of hydrogen-bond donors (Lipinski definition) is 2. The summed E-state index contributed by atoms with van der Waals surface area (Å²) >= 11 is 0. The number of aromatic carboxylic acids is 4. The van der Waals surface area contributed by atoms with E-state index >= 15 is 0 Å². The first kappa shape index (κ1) is 56.9. The quantitative estimate of drug-likeness (QED) is 0.0653. The average molecular weight is 882 g/mol. The van der Waals surface area contributed by atoms with Crippen LogP contribution in [0.3, 0.4) is 0 Å². The van der Waals surface area contributed by atoms with Gasteiger partial charge in [-0.25, -0.2) is 19.2 Å². The predicted octanol–water partition coefficient (Wildman–Crippen LogP) is -16.2. The molecule has 0 saturated carbocycles. The van der Waals surface area contributed by atoms with Crippen molar-refractivity contribution in [2.45, 2.75) is 13.8 Å². The van der Waals surface area contributed by atoms with E-state index < -0.39 is 58.0 Å². The van der Waals surface area contributed by atoms with Gasteiger partial charge < -0.3 is 56.2 Å². The largest absolute Gasteiger partial charge is 1.00 e. The Morgan fingerprint density at radius 1 is 0.632 bits per heavy atom. The van der Waals surface area contributed by atoms with E-state index in [9.17, 15) is 50.0 Å². The van der Waals surface area contributed by atoms with Gasteiger partial charge in [0.05, 0.1) is 65.6 Å². The van der Waals surface area contributed by atoms with Gasteiger partial charge in [0.25, 0.3) is 11.6 Å². The molecule has 0 atom stereocenters. The summed E-state index contributed by atoms with van der Waals surface area (Å²) in [6, 6.07) is 8.58. The van der Waals surface area contributed by atoms with Crippen LogP contribution in [0, 0.1) is 31.8 Å². The molecular formula is C36H19Li5N18O9. The first-order valence-electron chi connectivity index (χ1n) is 17.2. The molecule has 0 aliphatic rings. The van der Waals surface area contributed by atoms with Crippen molar-refractivity contribution in [1.29, 1.82) is 5.26 Å². The number of nitriles is 1. The molecule has 2 aromatic carbocycles. The molecule has 7 rings (SSSR count). The number of rotatable bonds is 12. The van der Waals surface area contributed by atoms with Crippen LogP contribution in [0.25, 0.3) is 28.0 Å². The maximum Gasteiger partial charge on any atom is 1.00 e. The Morgan fingerprint density at radius 2 is 1.06 bits per heavy atom. The summed E-state index contributed by atoms with van der Waals surface area (Å²) in [5.41, 5.74) is 10.1. The van der Waals surface area contributed by atoms with E-state index in [1.54, 1.807) is 0 Å². The van der Waals surface area contributed by atoms with Crippen LogP contribution >= 0.6 is 0 Å². The summed E-state index contributed by atoms with van der Waals surface area (Å²) in [5, 5.41) is 102. The maximum atomic E-state index is 12.9. The maximum absolute atomic E-state index is 12.9. The topological polar surface area (TPSA) is 410 Å². The molecule has 0 amide bonds. The predicted molar refractivity (Wildman–Crippen MR) is 198 cm³/mol. The molecule has 7 aromatic rings. The normalized spacial score (nSPS) is 10.4. The number of aryl methyl sites for hydroxylation is 2. The van der Waals surface area contributed by atoms with Crippen molar-refractivity contribution in [3.8, 4) is 35.1 Å². The third-order valence-corrected chi connectivity index (χ3v) is 8.68. The van der Waals surface area contributed by atoms with Crippen molar-refractivity contribution in [3.05, 3.63) is 105 Å². The second-order valence-electron chi connectivity index (χ2n) is 12.7. The number of aromatic nitrogens is 10. The van der Waals surface area contributed by atoms with Gasteiger partial charge in [-0.3, -0.25) is 0 Å². The van der Waals surface area contributed by atoms with Crippen molar-refractivity contribution in [2.24, 2.45) is 20.5 Å². The third kappa shape index (κ3) is 11.1. The van der Waals surface area contributed by atoms with Crippen molar-refractivity contribution in [2.75, 3.05) is 11.5 Å². The molecule has 0 aliphatic heterocycles. The zero-order valence-electron chi connectivity index (χ0n) is 36.7. The van der Waals surface area contributed by atoms with Crippen LogP contribution in [0.4, 0.5) is 40.3 Å². The molecule has 4 N–H and O–H groups in total. The summed E-state index contributed by atoms with van der Waals surface area (Å²) in [5.74, 6) is -9.29. The number of benzene rings is 2. The van der Waals surface area contributed by atoms with E-state index in [2.05, 4.69) is 55.7 Å². The van der Waals surface area contributed by atoms with Gasteiger partial charge in [0.2, 0.25) is 0 Å². The standard InChI is InChI=1S/C36H24N18O9.5Li/c1-14-26(46-48-31-23(40-3)13-42-52(31)22-8-18(34(60)61)5-19(9-22)35(62)63)28(38)53(49-14)24-10-25(55)44-36(43-24)54-29(39)27(15(2)50-54)45-47-30-20(11-37)12-41-51(30)21-6-16(32(56)57)4-17(7-21)33(58)59;;;;;/h4-10,12-13H,38-39H2,1-2H3,(H,56,57)(H,58,59)(H,60,61)(H,62,63)(H,43,44,55);;;;;/q;5*+1/p-5. The van der Waals surface area contributed by atoms with Crippen LogP contribution in [0.15, 0.2) is 75.3 Å². The summed E-state index contributed by atoms with van der Waals surface area (Å²) in [6.45, 7) is 10.5. The van der Waals surface area contributed by atoms with E-state index in [0.717, 1.165) is 73.6 Å². The van der Waals surface area contributed by atoms with Crippen molar-refractivity contribution < 1.29 is 139 Å². The first-order valence-corrected chi connectivity index (χ1v) is 17.2. The number of nitrogen functional groups attached to an aromatic ring is 2. The van der Waals surface area contributed by atoms with Crippen LogP contribution in [0.2, 0.25) is 0 Å². The van der Waals surface area contributed by atoms with Gasteiger partial charge in [0, 0.05) is 0 Å². The van der Waals surface area contributed by atoms with Crippen molar-refractivity contribution >= 4 is 64.2 Å². The summed E-state index contributed by atoms with van der Waals surface area (Å²) < 4.78 is 3.86. The fourth-order valence-electron chi connectivity index (χ4n) is 5.79. The molecule has 0 spiro atoms. The number of nitrogens with two attached hydrogens (primary N) is 2. The Morgan fingerprint density at radius 3 is 1.51 bits per heavy atom. The number of carbonyl (C=O) groups excluding carboxylic acids is 4. The molecule has 0 radical (unpaired) electrons. The molecule has 312 valence electrons. The minimum absolute atomic E-state index is 0. The second kappa shape index (κ2) is 23.0. The smallest absolute Gasteiger partial charge is 0.858 e. The minimum Gasteiger partial charge on any atom is -0.858 e. The summed E-state index contributed by atoms with van der Waals surface area (Å²) in [6.07, 6.45) is 2.15. The molecular weight excluding hydrogens is 863 g/mol. The Balaban J connectivity index is 0.00000317. The van der Waals surface area contributed by atoms with E-state index in [0.29, 0.717) is 0 Å². The molecule has 0 fully saturated rings. The van der Waals surface area contributed by atoms with E-state index in [1.807, 2.05) is 6.07 Å². The van der Waals surface area contributed by atoms with Crippen LogP contribution in [0.1, 0.15) is 58.4 Å². The number of carbonyl (C=O) groups is 4. The van der Waals surface area contributed by atoms with Crippen molar-refractivity contribution in [1.82, 2.24) is 49.1 Å². The van der Waals surface area contributed by atoms with E-state index in [1.165, 1.54) is 13.8 Å². The minimum atomic E-state index is -1.70. The molecule has 0 unspecified atom stereocenters. The number of nitrogens with zero attached hydrogens (tertiary/aromatic N) is 16. The SMILES string of the molecule is [C-]#[N+]c1cnn(-c2cc(C(=O)[O-])cc(C(=O)[O-])c2)c1N=Nc1c(C)nn(-c2cc([O-])nc(-n3nc(C)c(N=Nc4c(C#N)cnn4-c4cc(C(=O)[O-])cc(C(=O)[O-])c4)c3N)n2)c1N.[Li+].[Li+].[Li+].[Li+].[Li+]. The fraction of sp³-hybridized carbons (Fsp3) is 0.0556. The fourth-order valence-corrected chi connectivity index (χ4v) is 5.79. The second-order valence-corrected chi connectivity index (χ2v) is 12.7. The third-order valence-electron chi connectivity index (χ3n) is 8.68. The number of hydrogen-bond acceptors (Lipinski definition) is 22. The van der Waals surface area contributed by atoms with Gasteiger partial charge in [-0.1, -0.05) is 0 Å². The van der Waals surface area contributed by atoms with Gasteiger partial charge in [0.15, 0.2) is 40.5 Å². The van der Waals surface area contributed by atoms with Crippen LogP contribution in [0.5, 0.6) is 5.88 Å². The van der Waals surface area contributed by atoms with Crippen LogP contribution < -0.4 is 131 Å². The summed E-state index contributed by atoms with van der Waals surface area (Å²) in [7, 11) is 0. The van der Waals surface area contributed by atoms with E-state index in [-0.39, 0.29) is 169 Å². The monoisotopic (exact) mass is 882 g/mol. The molecule has 5 heterocycles. The molecule has 5 aromatic heterocycles. The van der Waals surface area contributed by atoms with E-state index in [4.69, 9.17) is 18.0 Å². The van der Waals surface area contributed by atoms with Gasteiger partial charge in [-0.2, -0.15) is 40.0 Å². The van der Waals surface area contributed by atoms with Crippen molar-refractivity contribution in [3.63, 3.8) is 0 Å². The zero-order valence-corrected chi connectivity index (χ0v) is 36.7. The van der Waals surface area contributed by atoms with Gasteiger partial charge in [-0.15, -0.1) is 20.5 Å². The number of azo groups is 2. The molecule has 0 aliphatic carbocycles. The molecule has 0 saturated heterocycles. The number of anilines is 2.